The lowest BCUT2D eigenvalue weighted by Gasteiger charge is -2.16. The molecule has 0 saturated heterocycles. The van der Waals surface area contributed by atoms with Gasteiger partial charge in [0.1, 0.15) is 17.3 Å². The maximum absolute atomic E-state index is 14.1. The molecule has 0 saturated carbocycles. The first-order chi connectivity index (χ1) is 15.1. The number of rotatable bonds is 5. The van der Waals surface area contributed by atoms with Crippen molar-refractivity contribution in [1.82, 2.24) is 20.1 Å². The monoisotopic (exact) mass is 458 g/mol. The van der Waals surface area contributed by atoms with Crippen LogP contribution in [0.25, 0.3) is 10.9 Å². The van der Waals surface area contributed by atoms with Crippen molar-refractivity contribution in [3.05, 3.63) is 77.2 Å². The van der Waals surface area contributed by atoms with Crippen LogP contribution >= 0.6 is 0 Å². The number of halogens is 2. The molecule has 2 heterocycles. The predicted octanol–water partition coefficient (Wildman–Crippen LogP) is 3.81. The van der Waals surface area contributed by atoms with E-state index in [1.807, 2.05) is 0 Å². The maximum atomic E-state index is 14.1. The molecule has 0 radical (unpaired) electrons. The van der Waals surface area contributed by atoms with Crippen molar-refractivity contribution >= 4 is 26.6 Å². The van der Waals surface area contributed by atoms with E-state index in [0.29, 0.717) is 16.6 Å². The van der Waals surface area contributed by atoms with E-state index in [2.05, 4.69) is 15.5 Å². The van der Waals surface area contributed by atoms with E-state index in [-0.39, 0.29) is 21.0 Å². The number of H-pyrrole nitrogens is 1. The number of amides is 1. The van der Waals surface area contributed by atoms with E-state index < -0.39 is 33.4 Å². The van der Waals surface area contributed by atoms with Gasteiger partial charge in [-0.15, -0.1) is 0 Å². The number of fused-ring (bicyclic) bond motifs is 1. The third-order valence-electron chi connectivity index (χ3n) is 5.51. The van der Waals surface area contributed by atoms with Gasteiger partial charge in [-0.05, 0) is 50.2 Å². The van der Waals surface area contributed by atoms with Crippen LogP contribution in [0.3, 0.4) is 0 Å². The molecule has 0 fully saturated rings. The number of hydrogen-bond donors (Lipinski definition) is 2. The Morgan fingerprint density at radius 1 is 1.16 bits per heavy atom. The zero-order chi connectivity index (χ0) is 23.2. The first-order valence-corrected chi connectivity index (χ1v) is 11.2. The van der Waals surface area contributed by atoms with Crippen molar-refractivity contribution < 1.29 is 22.0 Å². The van der Waals surface area contributed by atoms with Gasteiger partial charge in [0, 0.05) is 23.7 Å². The highest BCUT2D eigenvalue weighted by atomic mass is 32.2. The van der Waals surface area contributed by atoms with Crippen LogP contribution in [0.2, 0.25) is 0 Å². The SMILES string of the molecule is Cc1c(S(=O)(=O)c2ccc3[nH]ncc3c2)cc(C(=O)N[C@H](C)c2c(F)cccc2F)n1C. The van der Waals surface area contributed by atoms with Crippen molar-refractivity contribution in [2.45, 2.75) is 29.7 Å². The molecule has 0 aliphatic heterocycles. The van der Waals surface area contributed by atoms with E-state index in [1.54, 1.807) is 20.0 Å². The Kier molecular flexibility index (Phi) is 5.33. The predicted molar refractivity (Wildman–Crippen MR) is 114 cm³/mol. The summed E-state index contributed by atoms with van der Waals surface area (Å²) >= 11 is 0. The number of nitrogens with zero attached hydrogens (tertiary/aromatic N) is 2. The van der Waals surface area contributed by atoms with Gasteiger partial charge in [-0.3, -0.25) is 9.89 Å². The third kappa shape index (κ3) is 3.56. The molecule has 0 bridgehead atoms. The molecule has 2 aromatic carbocycles. The van der Waals surface area contributed by atoms with Gasteiger partial charge < -0.3 is 9.88 Å². The van der Waals surface area contributed by atoms with Crippen molar-refractivity contribution in [2.75, 3.05) is 0 Å². The molecule has 0 spiro atoms. The third-order valence-corrected chi connectivity index (χ3v) is 7.38. The second kappa shape index (κ2) is 7.86. The minimum absolute atomic E-state index is 0.0299. The van der Waals surface area contributed by atoms with E-state index in [0.717, 1.165) is 12.1 Å². The molecule has 10 heteroatoms. The number of carbonyl (C=O) groups excluding carboxylic acids is 1. The molecule has 4 aromatic rings. The van der Waals surface area contributed by atoms with Gasteiger partial charge in [0.2, 0.25) is 9.84 Å². The molecule has 166 valence electrons. The van der Waals surface area contributed by atoms with Crippen LogP contribution in [0.4, 0.5) is 8.78 Å². The summed E-state index contributed by atoms with van der Waals surface area (Å²) in [5.74, 6) is -2.21. The summed E-state index contributed by atoms with van der Waals surface area (Å²) in [6.07, 6.45) is 1.52. The summed E-state index contributed by atoms with van der Waals surface area (Å²) in [5.41, 5.74) is 0.831. The lowest BCUT2D eigenvalue weighted by atomic mass is 10.1. The second-order valence-corrected chi connectivity index (χ2v) is 9.41. The topological polar surface area (TPSA) is 96.8 Å². The Morgan fingerprint density at radius 3 is 2.53 bits per heavy atom. The molecule has 2 N–H and O–H groups in total. The molecule has 0 aliphatic rings. The van der Waals surface area contributed by atoms with Gasteiger partial charge in [0.05, 0.1) is 27.5 Å². The highest BCUT2D eigenvalue weighted by Gasteiger charge is 2.27. The normalized spacial score (nSPS) is 12.8. The van der Waals surface area contributed by atoms with Crippen LogP contribution in [0.5, 0.6) is 0 Å². The van der Waals surface area contributed by atoms with Crippen LogP contribution in [-0.2, 0) is 16.9 Å². The van der Waals surface area contributed by atoms with Crippen LogP contribution in [0.15, 0.2) is 58.5 Å². The van der Waals surface area contributed by atoms with Gasteiger partial charge in [0.25, 0.3) is 5.91 Å². The van der Waals surface area contributed by atoms with Gasteiger partial charge in [0.15, 0.2) is 0 Å². The van der Waals surface area contributed by atoms with E-state index >= 15 is 0 Å². The molecule has 1 atom stereocenters. The van der Waals surface area contributed by atoms with Crippen molar-refractivity contribution in [1.29, 1.82) is 0 Å². The zero-order valence-corrected chi connectivity index (χ0v) is 18.3. The Hall–Kier alpha value is -3.53. The van der Waals surface area contributed by atoms with Gasteiger partial charge in [-0.2, -0.15) is 5.10 Å². The molecule has 4 rings (SSSR count). The number of nitrogens with one attached hydrogen (secondary N) is 2. The molecular formula is C22H20F2N4O3S. The first kappa shape index (κ1) is 21.7. The van der Waals surface area contributed by atoms with Crippen LogP contribution in [0, 0.1) is 18.6 Å². The largest absolute Gasteiger partial charge is 0.344 e. The molecule has 0 aliphatic carbocycles. The zero-order valence-electron chi connectivity index (χ0n) is 17.5. The summed E-state index contributed by atoms with van der Waals surface area (Å²) < 4.78 is 56.1. The van der Waals surface area contributed by atoms with Gasteiger partial charge >= 0.3 is 0 Å². The lowest BCUT2D eigenvalue weighted by molar-refractivity contribution is 0.0930. The van der Waals surface area contributed by atoms with Gasteiger partial charge in [-0.25, -0.2) is 17.2 Å². The summed E-state index contributed by atoms with van der Waals surface area (Å²) in [6.45, 7) is 3.03. The maximum Gasteiger partial charge on any atom is 0.268 e. The average Bonchev–Trinajstić information content (AvgIpc) is 3.32. The smallest absolute Gasteiger partial charge is 0.268 e. The van der Waals surface area contributed by atoms with Crippen LogP contribution < -0.4 is 5.32 Å². The average molecular weight is 458 g/mol. The van der Waals surface area contributed by atoms with E-state index in [4.69, 9.17) is 0 Å². The highest BCUT2D eigenvalue weighted by molar-refractivity contribution is 7.91. The quantitative estimate of drug-likeness (QED) is 0.475. The summed E-state index contributed by atoms with van der Waals surface area (Å²) in [5, 5.41) is 9.83. The van der Waals surface area contributed by atoms with Crippen LogP contribution in [0.1, 0.15) is 34.7 Å². The number of aromatic nitrogens is 3. The molecule has 2 aromatic heterocycles. The first-order valence-electron chi connectivity index (χ1n) is 9.70. The number of carbonyl (C=O) groups is 1. The Morgan fingerprint density at radius 2 is 1.84 bits per heavy atom. The Balaban J connectivity index is 1.68. The molecule has 32 heavy (non-hydrogen) atoms. The molecule has 0 unspecified atom stereocenters. The Bertz CT molecular complexity index is 1440. The van der Waals surface area contributed by atoms with Crippen molar-refractivity contribution in [3.8, 4) is 0 Å². The van der Waals surface area contributed by atoms with Crippen molar-refractivity contribution in [2.24, 2.45) is 7.05 Å². The molecule has 1 amide bonds. The lowest BCUT2D eigenvalue weighted by Crippen LogP contribution is -2.29. The minimum atomic E-state index is -3.93. The second-order valence-electron chi connectivity index (χ2n) is 7.49. The van der Waals surface area contributed by atoms with Crippen LogP contribution in [-0.4, -0.2) is 29.1 Å². The van der Waals surface area contributed by atoms with E-state index in [1.165, 1.54) is 42.0 Å². The fourth-order valence-corrected chi connectivity index (χ4v) is 5.22. The van der Waals surface area contributed by atoms with Crippen molar-refractivity contribution in [3.63, 3.8) is 0 Å². The Labute approximate surface area is 183 Å². The van der Waals surface area contributed by atoms with E-state index in [9.17, 15) is 22.0 Å². The van der Waals surface area contributed by atoms with Gasteiger partial charge in [-0.1, -0.05) is 6.07 Å². The summed E-state index contributed by atoms with van der Waals surface area (Å²) in [6, 6.07) is 8.33. The number of benzene rings is 2. The highest BCUT2D eigenvalue weighted by Crippen LogP contribution is 2.29. The fourth-order valence-electron chi connectivity index (χ4n) is 3.64. The standard InChI is InChI=1S/C22H20F2N4O3S/c1-12(21-16(23)5-4-6-17(21)24)26-22(29)19-10-20(13(2)28(19)3)32(30,31)15-7-8-18-14(9-15)11-25-27-18/h4-12H,1-3H3,(H,25,27)(H,26,29)/t12-/m1/s1. The summed E-state index contributed by atoms with van der Waals surface area (Å²) in [4.78, 5) is 12.9. The number of hydrogen-bond acceptors (Lipinski definition) is 4. The minimum Gasteiger partial charge on any atom is -0.344 e. The fraction of sp³-hybridized carbons (Fsp3) is 0.182. The molecule has 7 nitrogen and oxygen atoms in total. The summed E-state index contributed by atoms with van der Waals surface area (Å²) in [7, 11) is -2.38. The number of aromatic amines is 1. The number of sulfone groups is 1. The molecular weight excluding hydrogens is 438 g/mol.